The standard InChI is InChI=1S/C13H28N2O/c1-10-6-7-15(9-12(10)14)11(2)8-13(3,4)16-5/h10-12H,6-9,14H2,1-5H3. The van der Waals surface area contributed by atoms with Gasteiger partial charge in [-0.05, 0) is 46.1 Å². The van der Waals surface area contributed by atoms with Crippen molar-refractivity contribution in [3.05, 3.63) is 0 Å². The fourth-order valence-electron chi connectivity index (χ4n) is 2.45. The zero-order valence-corrected chi connectivity index (χ0v) is 11.5. The van der Waals surface area contributed by atoms with E-state index in [4.69, 9.17) is 10.5 Å². The highest BCUT2D eigenvalue weighted by Gasteiger charge is 2.29. The zero-order valence-electron chi connectivity index (χ0n) is 11.5. The number of ether oxygens (including phenoxy) is 1. The second-order valence-corrected chi connectivity index (χ2v) is 5.94. The number of methoxy groups -OCH3 is 1. The minimum Gasteiger partial charge on any atom is -0.379 e. The molecule has 0 aromatic rings. The first-order chi connectivity index (χ1) is 7.35. The van der Waals surface area contributed by atoms with Gasteiger partial charge in [0.2, 0.25) is 0 Å². The van der Waals surface area contributed by atoms with E-state index in [2.05, 4.69) is 32.6 Å². The van der Waals surface area contributed by atoms with E-state index >= 15 is 0 Å². The Morgan fingerprint density at radius 3 is 2.62 bits per heavy atom. The summed E-state index contributed by atoms with van der Waals surface area (Å²) in [7, 11) is 1.79. The Labute approximate surface area is 100 Å². The van der Waals surface area contributed by atoms with Gasteiger partial charge in [0, 0.05) is 25.7 Å². The van der Waals surface area contributed by atoms with Crippen molar-refractivity contribution in [3.63, 3.8) is 0 Å². The van der Waals surface area contributed by atoms with Crippen molar-refractivity contribution in [1.82, 2.24) is 4.90 Å². The first-order valence-electron chi connectivity index (χ1n) is 6.40. The number of piperidine rings is 1. The van der Waals surface area contributed by atoms with Crippen LogP contribution >= 0.6 is 0 Å². The van der Waals surface area contributed by atoms with Gasteiger partial charge >= 0.3 is 0 Å². The van der Waals surface area contributed by atoms with Crippen LogP contribution in [0.15, 0.2) is 0 Å². The molecule has 0 spiro atoms. The Morgan fingerprint density at radius 1 is 1.50 bits per heavy atom. The van der Waals surface area contributed by atoms with Gasteiger partial charge in [0.25, 0.3) is 0 Å². The van der Waals surface area contributed by atoms with Gasteiger partial charge in [-0.15, -0.1) is 0 Å². The molecule has 96 valence electrons. The highest BCUT2D eigenvalue weighted by atomic mass is 16.5. The number of hydrogen-bond acceptors (Lipinski definition) is 3. The fourth-order valence-corrected chi connectivity index (χ4v) is 2.45. The molecule has 0 saturated carbocycles. The van der Waals surface area contributed by atoms with Gasteiger partial charge in [-0.2, -0.15) is 0 Å². The largest absolute Gasteiger partial charge is 0.379 e. The smallest absolute Gasteiger partial charge is 0.0637 e. The number of hydrogen-bond donors (Lipinski definition) is 1. The topological polar surface area (TPSA) is 38.5 Å². The van der Waals surface area contributed by atoms with Crippen LogP contribution in [0, 0.1) is 5.92 Å². The highest BCUT2D eigenvalue weighted by Crippen LogP contribution is 2.23. The molecule has 0 aliphatic carbocycles. The van der Waals surface area contributed by atoms with Gasteiger partial charge in [-0.25, -0.2) is 0 Å². The Bertz CT molecular complexity index is 218. The lowest BCUT2D eigenvalue weighted by Crippen LogP contribution is -2.51. The van der Waals surface area contributed by atoms with Crippen LogP contribution in [0.5, 0.6) is 0 Å². The van der Waals surface area contributed by atoms with E-state index < -0.39 is 0 Å². The normalized spacial score (nSPS) is 30.4. The molecule has 3 atom stereocenters. The van der Waals surface area contributed by atoms with E-state index in [1.54, 1.807) is 7.11 Å². The van der Waals surface area contributed by atoms with E-state index in [9.17, 15) is 0 Å². The second-order valence-electron chi connectivity index (χ2n) is 5.94. The maximum absolute atomic E-state index is 6.13. The third kappa shape index (κ3) is 3.72. The Kier molecular flexibility index (Phi) is 4.77. The summed E-state index contributed by atoms with van der Waals surface area (Å²) in [5.74, 6) is 0.666. The average Bonchev–Trinajstić information content (AvgIpc) is 2.21. The van der Waals surface area contributed by atoms with E-state index in [1.807, 2.05) is 0 Å². The quantitative estimate of drug-likeness (QED) is 0.798. The first kappa shape index (κ1) is 13.9. The molecule has 1 heterocycles. The second kappa shape index (κ2) is 5.48. The summed E-state index contributed by atoms with van der Waals surface area (Å²) in [4.78, 5) is 2.51. The summed E-state index contributed by atoms with van der Waals surface area (Å²) in [5.41, 5.74) is 6.09. The number of rotatable bonds is 4. The van der Waals surface area contributed by atoms with Crippen LogP contribution in [0.1, 0.15) is 40.5 Å². The van der Waals surface area contributed by atoms with Gasteiger partial charge in [-0.1, -0.05) is 6.92 Å². The van der Waals surface area contributed by atoms with Crippen molar-refractivity contribution in [2.75, 3.05) is 20.2 Å². The molecule has 3 unspecified atom stereocenters. The number of nitrogens with zero attached hydrogens (tertiary/aromatic N) is 1. The van der Waals surface area contributed by atoms with Crippen LogP contribution in [0.4, 0.5) is 0 Å². The molecule has 1 aliphatic heterocycles. The fraction of sp³-hybridized carbons (Fsp3) is 1.00. The van der Waals surface area contributed by atoms with Gasteiger partial charge in [0.1, 0.15) is 0 Å². The molecule has 1 rings (SSSR count). The van der Waals surface area contributed by atoms with Crippen molar-refractivity contribution in [3.8, 4) is 0 Å². The van der Waals surface area contributed by atoms with E-state index in [-0.39, 0.29) is 5.60 Å². The van der Waals surface area contributed by atoms with Crippen molar-refractivity contribution in [2.24, 2.45) is 11.7 Å². The first-order valence-corrected chi connectivity index (χ1v) is 6.40. The van der Waals surface area contributed by atoms with Crippen LogP contribution in [0.3, 0.4) is 0 Å². The summed E-state index contributed by atoms with van der Waals surface area (Å²) < 4.78 is 5.49. The van der Waals surface area contributed by atoms with E-state index in [0.717, 1.165) is 13.0 Å². The summed E-state index contributed by atoms with van der Waals surface area (Å²) in [6, 6.07) is 0.885. The number of likely N-dealkylation sites (tertiary alicyclic amines) is 1. The van der Waals surface area contributed by atoms with Gasteiger partial charge in [0.15, 0.2) is 0 Å². The minimum absolute atomic E-state index is 0.0351. The molecule has 0 aromatic carbocycles. The zero-order chi connectivity index (χ0) is 12.3. The molecule has 0 amide bonds. The van der Waals surface area contributed by atoms with Crippen LogP contribution in [0.2, 0.25) is 0 Å². The maximum Gasteiger partial charge on any atom is 0.0637 e. The van der Waals surface area contributed by atoms with Gasteiger partial charge < -0.3 is 10.5 Å². The molecule has 2 N–H and O–H groups in total. The van der Waals surface area contributed by atoms with Crippen molar-refractivity contribution in [2.45, 2.75) is 58.2 Å². The molecule has 1 aliphatic rings. The van der Waals surface area contributed by atoms with E-state index in [0.29, 0.717) is 18.0 Å². The number of nitrogens with two attached hydrogens (primary N) is 1. The Morgan fingerprint density at radius 2 is 2.12 bits per heavy atom. The highest BCUT2D eigenvalue weighted by molar-refractivity contribution is 4.85. The molecule has 3 nitrogen and oxygen atoms in total. The summed E-state index contributed by atoms with van der Waals surface area (Å²) in [6.45, 7) is 11.0. The van der Waals surface area contributed by atoms with Crippen LogP contribution in [-0.2, 0) is 4.74 Å². The molecule has 16 heavy (non-hydrogen) atoms. The van der Waals surface area contributed by atoms with Gasteiger partial charge in [0.05, 0.1) is 5.60 Å². The monoisotopic (exact) mass is 228 g/mol. The predicted octanol–water partition coefficient (Wildman–Crippen LogP) is 1.86. The summed E-state index contributed by atoms with van der Waals surface area (Å²) in [5, 5.41) is 0. The third-order valence-electron chi connectivity index (χ3n) is 4.01. The Hall–Kier alpha value is -0.120. The molecule has 0 bridgehead atoms. The third-order valence-corrected chi connectivity index (χ3v) is 4.01. The van der Waals surface area contributed by atoms with Crippen molar-refractivity contribution in [1.29, 1.82) is 0 Å². The lowest BCUT2D eigenvalue weighted by molar-refractivity contribution is -0.0116. The van der Waals surface area contributed by atoms with Crippen LogP contribution < -0.4 is 5.73 Å². The average molecular weight is 228 g/mol. The molecule has 0 radical (unpaired) electrons. The molecule has 1 saturated heterocycles. The van der Waals surface area contributed by atoms with Crippen molar-refractivity contribution >= 4 is 0 Å². The molecular formula is C13H28N2O. The summed E-state index contributed by atoms with van der Waals surface area (Å²) in [6.07, 6.45) is 2.28. The van der Waals surface area contributed by atoms with Crippen LogP contribution in [-0.4, -0.2) is 42.8 Å². The minimum atomic E-state index is -0.0351. The SMILES string of the molecule is COC(C)(C)CC(C)N1CCC(C)C(N)C1. The van der Waals surface area contributed by atoms with Crippen LogP contribution in [0.25, 0.3) is 0 Å². The Balaban J connectivity index is 2.46. The van der Waals surface area contributed by atoms with Gasteiger partial charge in [-0.3, -0.25) is 4.90 Å². The molecule has 3 heteroatoms. The lowest BCUT2D eigenvalue weighted by Gasteiger charge is -2.40. The molecule has 0 aromatic heterocycles. The lowest BCUT2D eigenvalue weighted by atomic mass is 9.91. The molecular weight excluding hydrogens is 200 g/mol. The molecule has 1 fully saturated rings. The maximum atomic E-state index is 6.13. The van der Waals surface area contributed by atoms with E-state index in [1.165, 1.54) is 13.0 Å². The van der Waals surface area contributed by atoms with Crippen molar-refractivity contribution < 1.29 is 4.74 Å². The summed E-state index contributed by atoms with van der Waals surface area (Å²) >= 11 is 0. The predicted molar refractivity (Wildman–Crippen MR) is 68.5 cm³/mol.